The molecule has 0 unspecified atom stereocenters. The third kappa shape index (κ3) is 4.00. The van der Waals surface area contributed by atoms with E-state index in [0.717, 1.165) is 17.0 Å². The number of methoxy groups -OCH3 is 1. The number of carbonyl (C=O) groups excluding carboxylic acids is 2. The molecule has 2 aliphatic heterocycles. The van der Waals surface area contributed by atoms with Crippen LogP contribution in [-0.2, 0) is 16.0 Å². The summed E-state index contributed by atoms with van der Waals surface area (Å²) >= 11 is 0. The van der Waals surface area contributed by atoms with Gasteiger partial charge in [0.05, 0.1) is 25.3 Å². The number of para-hydroxylation sites is 1. The van der Waals surface area contributed by atoms with Crippen molar-refractivity contribution in [3.05, 3.63) is 71.2 Å². The lowest BCUT2D eigenvalue weighted by Crippen LogP contribution is -2.50. The van der Waals surface area contributed by atoms with Gasteiger partial charge in [-0.2, -0.15) is 0 Å². The average Bonchev–Trinajstić information content (AvgIpc) is 3.10. The zero-order valence-electron chi connectivity index (χ0n) is 18.1. The van der Waals surface area contributed by atoms with E-state index in [-0.39, 0.29) is 23.9 Å². The molecule has 3 atom stereocenters. The number of aromatic nitrogens is 1. The summed E-state index contributed by atoms with van der Waals surface area (Å²) < 4.78 is 5.62. The van der Waals surface area contributed by atoms with Gasteiger partial charge in [-0.15, -0.1) is 0 Å². The topological polar surface area (TPSA) is 83.6 Å². The third-order valence-electron chi connectivity index (χ3n) is 6.15. The Morgan fingerprint density at radius 2 is 1.97 bits per heavy atom. The van der Waals surface area contributed by atoms with E-state index in [1.165, 1.54) is 0 Å². The normalized spacial score (nSPS) is 23.0. The summed E-state index contributed by atoms with van der Waals surface area (Å²) in [5.74, 6) is 0.488. The maximum atomic E-state index is 13.6. The van der Waals surface area contributed by atoms with Crippen LogP contribution in [0.25, 0.3) is 0 Å². The smallest absolute Gasteiger partial charge is 0.251 e. The number of nitrogens with one attached hydrogen (secondary N) is 2. The number of pyridine rings is 1. The molecule has 162 valence electrons. The van der Waals surface area contributed by atoms with Crippen LogP contribution in [0.3, 0.4) is 0 Å². The van der Waals surface area contributed by atoms with Crippen LogP contribution in [0.2, 0.25) is 0 Å². The Labute approximate surface area is 182 Å². The van der Waals surface area contributed by atoms with Gasteiger partial charge in [-0.1, -0.05) is 24.3 Å². The summed E-state index contributed by atoms with van der Waals surface area (Å²) in [5, 5.41) is 6.38. The van der Waals surface area contributed by atoms with Gasteiger partial charge in [-0.25, -0.2) is 0 Å². The molecule has 0 spiro atoms. The standard InChI is InChI=1S/C24H28N4O3/c1-15-16(2)28(21(29)12-11-17-8-6-7-13-25-17)23(18-9-4-5-10-20(18)31-3)22-19(27-15)14-26-24(22)30/h4-10,13,15-16,23,27H,11-12,14H2,1-3H3,(H,26,30)/t15-,16-,23-/m1/s1. The maximum absolute atomic E-state index is 13.6. The molecule has 2 amide bonds. The zero-order chi connectivity index (χ0) is 22.0. The Bertz CT molecular complexity index is 1000. The van der Waals surface area contributed by atoms with Gasteiger partial charge in [0.15, 0.2) is 0 Å². The van der Waals surface area contributed by atoms with Crippen LogP contribution in [0.4, 0.5) is 0 Å². The van der Waals surface area contributed by atoms with E-state index in [9.17, 15) is 9.59 Å². The Morgan fingerprint density at radius 3 is 2.71 bits per heavy atom. The lowest BCUT2D eigenvalue weighted by Gasteiger charge is -2.38. The van der Waals surface area contributed by atoms with E-state index < -0.39 is 6.04 Å². The number of amides is 2. The molecule has 0 aliphatic carbocycles. The number of aryl methyl sites for hydroxylation is 1. The lowest BCUT2D eigenvalue weighted by molar-refractivity contribution is -0.136. The molecule has 0 fully saturated rings. The van der Waals surface area contributed by atoms with Crippen molar-refractivity contribution < 1.29 is 14.3 Å². The summed E-state index contributed by atoms with van der Waals surface area (Å²) in [6, 6.07) is 12.6. The van der Waals surface area contributed by atoms with Gasteiger partial charge < -0.3 is 20.3 Å². The van der Waals surface area contributed by atoms with E-state index in [1.54, 1.807) is 13.3 Å². The second-order valence-corrected chi connectivity index (χ2v) is 8.02. The van der Waals surface area contributed by atoms with Crippen LogP contribution in [-0.4, -0.2) is 47.4 Å². The number of benzene rings is 1. The Kier molecular flexibility index (Phi) is 5.93. The monoisotopic (exact) mass is 420 g/mol. The highest BCUT2D eigenvalue weighted by Gasteiger charge is 2.43. The number of nitrogens with zero attached hydrogens (tertiary/aromatic N) is 2. The van der Waals surface area contributed by atoms with Crippen LogP contribution in [0.1, 0.15) is 37.6 Å². The third-order valence-corrected chi connectivity index (χ3v) is 6.15. The van der Waals surface area contributed by atoms with Crippen LogP contribution in [0, 0.1) is 0 Å². The zero-order valence-corrected chi connectivity index (χ0v) is 18.1. The predicted molar refractivity (Wildman–Crippen MR) is 117 cm³/mol. The SMILES string of the molecule is COc1ccccc1[C@@H]1C2=C(CNC2=O)N[C@H](C)[C@@H](C)N1C(=O)CCc1ccccn1. The van der Waals surface area contributed by atoms with Crippen molar-refractivity contribution in [2.75, 3.05) is 13.7 Å². The fourth-order valence-electron chi connectivity index (χ4n) is 4.40. The number of rotatable bonds is 5. The van der Waals surface area contributed by atoms with Crippen LogP contribution < -0.4 is 15.4 Å². The predicted octanol–water partition coefficient (Wildman–Crippen LogP) is 2.36. The van der Waals surface area contributed by atoms with Gasteiger partial charge in [0.25, 0.3) is 5.91 Å². The summed E-state index contributed by atoms with van der Waals surface area (Å²) in [6.45, 7) is 4.51. The minimum Gasteiger partial charge on any atom is -0.496 e. The molecule has 2 aromatic rings. The molecule has 31 heavy (non-hydrogen) atoms. The fraction of sp³-hybridized carbons (Fsp3) is 0.375. The van der Waals surface area contributed by atoms with Crippen LogP contribution in [0.5, 0.6) is 5.75 Å². The van der Waals surface area contributed by atoms with E-state index in [2.05, 4.69) is 15.6 Å². The molecule has 1 aromatic carbocycles. The molecule has 2 N–H and O–H groups in total. The lowest BCUT2D eigenvalue weighted by atomic mass is 9.93. The second kappa shape index (κ2) is 8.79. The molecule has 0 radical (unpaired) electrons. The highest BCUT2D eigenvalue weighted by Crippen LogP contribution is 2.40. The van der Waals surface area contributed by atoms with Crippen molar-refractivity contribution in [1.82, 2.24) is 20.5 Å². The molecule has 7 nitrogen and oxygen atoms in total. The van der Waals surface area contributed by atoms with E-state index >= 15 is 0 Å². The summed E-state index contributed by atoms with van der Waals surface area (Å²) in [7, 11) is 1.61. The maximum Gasteiger partial charge on any atom is 0.251 e. The van der Waals surface area contributed by atoms with E-state index in [0.29, 0.717) is 30.7 Å². The van der Waals surface area contributed by atoms with Crippen molar-refractivity contribution in [2.24, 2.45) is 0 Å². The molecule has 7 heteroatoms. The summed E-state index contributed by atoms with van der Waals surface area (Å²) in [5.41, 5.74) is 3.12. The first-order valence-corrected chi connectivity index (χ1v) is 10.6. The average molecular weight is 421 g/mol. The minimum atomic E-state index is -0.530. The molecule has 0 saturated heterocycles. The van der Waals surface area contributed by atoms with Gasteiger partial charge >= 0.3 is 0 Å². The first-order chi connectivity index (χ1) is 15.0. The van der Waals surface area contributed by atoms with Gasteiger partial charge in [0.2, 0.25) is 5.91 Å². The number of carbonyl (C=O) groups is 2. The molecule has 0 bridgehead atoms. The Morgan fingerprint density at radius 1 is 1.19 bits per heavy atom. The Hall–Kier alpha value is -3.35. The fourth-order valence-corrected chi connectivity index (χ4v) is 4.40. The highest BCUT2D eigenvalue weighted by atomic mass is 16.5. The number of ether oxygens (including phenoxy) is 1. The van der Waals surface area contributed by atoms with Gasteiger partial charge in [0.1, 0.15) is 5.75 Å². The van der Waals surface area contributed by atoms with Crippen molar-refractivity contribution in [2.45, 2.75) is 44.8 Å². The van der Waals surface area contributed by atoms with E-state index in [4.69, 9.17) is 4.74 Å². The number of hydrogen-bond donors (Lipinski definition) is 2. The number of hydrogen-bond acceptors (Lipinski definition) is 5. The van der Waals surface area contributed by atoms with Crippen LogP contribution in [0.15, 0.2) is 59.9 Å². The van der Waals surface area contributed by atoms with Crippen molar-refractivity contribution in [3.8, 4) is 5.75 Å². The molecular weight excluding hydrogens is 392 g/mol. The molecular formula is C24H28N4O3. The largest absolute Gasteiger partial charge is 0.496 e. The molecule has 1 aromatic heterocycles. The Balaban J connectivity index is 1.77. The van der Waals surface area contributed by atoms with Crippen LogP contribution >= 0.6 is 0 Å². The van der Waals surface area contributed by atoms with E-state index in [1.807, 2.05) is 61.2 Å². The first kappa shape index (κ1) is 20.9. The quantitative estimate of drug-likeness (QED) is 0.776. The molecule has 2 aliphatic rings. The van der Waals surface area contributed by atoms with Crippen molar-refractivity contribution in [3.63, 3.8) is 0 Å². The highest BCUT2D eigenvalue weighted by molar-refractivity contribution is 5.99. The first-order valence-electron chi connectivity index (χ1n) is 10.6. The van der Waals surface area contributed by atoms with Gasteiger partial charge in [-0.3, -0.25) is 14.6 Å². The molecule has 3 heterocycles. The molecule has 0 saturated carbocycles. The minimum absolute atomic E-state index is 0.0174. The van der Waals surface area contributed by atoms with Crippen molar-refractivity contribution in [1.29, 1.82) is 0 Å². The second-order valence-electron chi connectivity index (χ2n) is 8.02. The van der Waals surface area contributed by atoms with Crippen molar-refractivity contribution >= 4 is 11.8 Å². The van der Waals surface area contributed by atoms with Gasteiger partial charge in [-0.05, 0) is 38.5 Å². The summed E-state index contributed by atoms with van der Waals surface area (Å²) in [6.07, 6.45) is 2.59. The molecule has 4 rings (SSSR count). The summed E-state index contributed by atoms with van der Waals surface area (Å²) in [4.78, 5) is 32.7. The van der Waals surface area contributed by atoms with Gasteiger partial charge in [0, 0.05) is 41.7 Å².